The van der Waals surface area contributed by atoms with Crippen molar-refractivity contribution in [2.75, 3.05) is 0 Å². The highest BCUT2D eigenvalue weighted by Crippen LogP contribution is 2.30. The number of nitrogens with zero attached hydrogens (tertiary/aromatic N) is 3. The molecule has 0 atom stereocenters. The van der Waals surface area contributed by atoms with Crippen LogP contribution in [-0.4, -0.2) is 27.0 Å². The van der Waals surface area contributed by atoms with Crippen molar-refractivity contribution < 1.29 is 9.21 Å². The molecular formula is C13H12N4O2S. The van der Waals surface area contributed by atoms with E-state index >= 15 is 0 Å². The SMILES string of the molecule is CC(C)C1=NN2C(=N)C(=Cc3ccco3)C(=O)N=C2S1. The highest BCUT2D eigenvalue weighted by Gasteiger charge is 2.36. The average molecular weight is 288 g/mol. The lowest BCUT2D eigenvalue weighted by Crippen LogP contribution is -2.35. The first-order valence-electron chi connectivity index (χ1n) is 6.10. The number of thioether (sulfide) groups is 1. The fraction of sp³-hybridized carbons (Fsp3) is 0.231. The van der Waals surface area contributed by atoms with Crippen molar-refractivity contribution in [3.63, 3.8) is 0 Å². The van der Waals surface area contributed by atoms with Gasteiger partial charge in [-0.1, -0.05) is 13.8 Å². The number of aliphatic imine (C=N–C) groups is 1. The van der Waals surface area contributed by atoms with Crippen molar-refractivity contribution in [2.24, 2.45) is 16.0 Å². The number of rotatable bonds is 2. The molecule has 1 amide bonds. The van der Waals surface area contributed by atoms with Crippen LogP contribution in [0.25, 0.3) is 6.08 Å². The van der Waals surface area contributed by atoms with E-state index in [1.165, 1.54) is 29.1 Å². The van der Waals surface area contributed by atoms with E-state index < -0.39 is 5.91 Å². The molecule has 0 fully saturated rings. The van der Waals surface area contributed by atoms with E-state index in [0.29, 0.717) is 10.9 Å². The summed E-state index contributed by atoms with van der Waals surface area (Å²) in [5.41, 5.74) is 0.179. The molecule has 2 aliphatic heterocycles. The molecule has 0 spiro atoms. The van der Waals surface area contributed by atoms with Crippen molar-refractivity contribution in [1.29, 1.82) is 5.41 Å². The van der Waals surface area contributed by atoms with Gasteiger partial charge in [0.1, 0.15) is 10.8 Å². The molecule has 0 saturated carbocycles. The molecule has 1 aromatic rings. The van der Waals surface area contributed by atoms with Crippen LogP contribution in [0.5, 0.6) is 0 Å². The maximum atomic E-state index is 12.0. The Labute approximate surface area is 119 Å². The van der Waals surface area contributed by atoms with E-state index in [0.717, 1.165) is 5.04 Å². The highest BCUT2D eigenvalue weighted by atomic mass is 32.2. The van der Waals surface area contributed by atoms with Gasteiger partial charge in [0.25, 0.3) is 5.91 Å². The summed E-state index contributed by atoms with van der Waals surface area (Å²) in [6.45, 7) is 4.02. The number of hydrogen-bond acceptors (Lipinski definition) is 5. The quantitative estimate of drug-likeness (QED) is 0.848. The van der Waals surface area contributed by atoms with Crippen molar-refractivity contribution in [3.05, 3.63) is 29.7 Å². The second-order valence-electron chi connectivity index (χ2n) is 4.63. The number of carbonyl (C=O) groups is 1. The monoisotopic (exact) mass is 288 g/mol. The molecule has 102 valence electrons. The largest absolute Gasteiger partial charge is 0.465 e. The van der Waals surface area contributed by atoms with Crippen molar-refractivity contribution in [1.82, 2.24) is 5.01 Å². The molecule has 3 rings (SSSR count). The maximum Gasteiger partial charge on any atom is 0.283 e. The summed E-state index contributed by atoms with van der Waals surface area (Å²) < 4.78 is 5.17. The Balaban J connectivity index is 1.99. The Kier molecular flexibility index (Phi) is 3.06. The van der Waals surface area contributed by atoms with Gasteiger partial charge in [-0.15, -0.1) is 0 Å². The van der Waals surface area contributed by atoms with Gasteiger partial charge in [0.05, 0.1) is 11.8 Å². The first-order chi connectivity index (χ1) is 9.56. The van der Waals surface area contributed by atoms with E-state index in [9.17, 15) is 4.79 Å². The van der Waals surface area contributed by atoms with E-state index in [-0.39, 0.29) is 17.3 Å². The predicted molar refractivity (Wildman–Crippen MR) is 78.6 cm³/mol. The van der Waals surface area contributed by atoms with E-state index in [1.54, 1.807) is 12.1 Å². The Hall–Kier alpha value is -2.15. The van der Waals surface area contributed by atoms with Gasteiger partial charge in [0.2, 0.25) is 5.17 Å². The number of furan rings is 1. The van der Waals surface area contributed by atoms with Gasteiger partial charge in [0.15, 0.2) is 5.84 Å². The molecule has 0 bridgehead atoms. The fourth-order valence-electron chi connectivity index (χ4n) is 1.76. The zero-order valence-corrected chi connectivity index (χ0v) is 11.8. The fourth-order valence-corrected chi connectivity index (χ4v) is 2.65. The van der Waals surface area contributed by atoms with Crippen LogP contribution in [0.1, 0.15) is 19.6 Å². The van der Waals surface area contributed by atoms with E-state index in [2.05, 4.69) is 10.1 Å². The third-order valence-electron chi connectivity index (χ3n) is 2.79. The number of hydrogen-bond donors (Lipinski definition) is 1. The first kappa shape index (κ1) is 12.9. The summed E-state index contributed by atoms with van der Waals surface area (Å²) in [7, 11) is 0. The highest BCUT2D eigenvalue weighted by molar-refractivity contribution is 8.27. The van der Waals surface area contributed by atoms with Crippen molar-refractivity contribution in [2.45, 2.75) is 13.8 Å². The van der Waals surface area contributed by atoms with Crippen LogP contribution in [0.15, 0.2) is 38.5 Å². The molecule has 0 radical (unpaired) electrons. The molecule has 0 aliphatic carbocycles. The minimum absolute atomic E-state index is 0.0274. The summed E-state index contributed by atoms with van der Waals surface area (Å²) in [6, 6.07) is 3.44. The minimum Gasteiger partial charge on any atom is -0.465 e. The van der Waals surface area contributed by atoms with Crippen LogP contribution in [-0.2, 0) is 4.79 Å². The lowest BCUT2D eigenvalue weighted by Gasteiger charge is -2.19. The second-order valence-corrected chi connectivity index (χ2v) is 5.62. The summed E-state index contributed by atoms with van der Waals surface area (Å²) in [4.78, 5) is 16.0. The maximum absolute atomic E-state index is 12.0. The number of amidine groups is 2. The Morgan fingerprint density at radius 1 is 1.50 bits per heavy atom. The molecule has 2 aliphatic rings. The summed E-state index contributed by atoms with van der Waals surface area (Å²) in [5, 5.41) is 15.2. The van der Waals surface area contributed by atoms with Gasteiger partial charge in [-0.05, 0) is 30.0 Å². The number of amides is 1. The van der Waals surface area contributed by atoms with Crippen LogP contribution >= 0.6 is 11.8 Å². The van der Waals surface area contributed by atoms with Crippen LogP contribution < -0.4 is 0 Å². The number of carbonyl (C=O) groups excluding carboxylic acids is 1. The standard InChI is InChI=1S/C13H12N4O2S/c1-7(2)12-16-17-10(14)9(6-8-4-3-5-19-8)11(18)15-13(17)20-12/h3-7,14H,1-2H3. The first-order valence-corrected chi connectivity index (χ1v) is 6.91. The summed E-state index contributed by atoms with van der Waals surface area (Å²) >= 11 is 1.33. The van der Waals surface area contributed by atoms with Gasteiger partial charge in [0, 0.05) is 5.92 Å². The summed E-state index contributed by atoms with van der Waals surface area (Å²) in [6.07, 6.45) is 3.03. The van der Waals surface area contributed by atoms with Gasteiger partial charge in [-0.25, -0.2) is 0 Å². The van der Waals surface area contributed by atoms with Crippen LogP contribution in [0, 0.1) is 11.3 Å². The Morgan fingerprint density at radius 3 is 2.95 bits per heavy atom. The smallest absolute Gasteiger partial charge is 0.283 e. The van der Waals surface area contributed by atoms with Crippen molar-refractivity contribution >= 4 is 39.8 Å². The third-order valence-corrected chi connectivity index (χ3v) is 4.00. The molecule has 3 heterocycles. The molecule has 1 N–H and O–H groups in total. The van der Waals surface area contributed by atoms with E-state index in [1.807, 2.05) is 13.8 Å². The molecule has 0 saturated heterocycles. The van der Waals surface area contributed by atoms with Crippen LogP contribution in [0.4, 0.5) is 0 Å². The number of nitrogens with one attached hydrogen (secondary N) is 1. The van der Waals surface area contributed by atoms with Crippen molar-refractivity contribution in [3.8, 4) is 0 Å². The van der Waals surface area contributed by atoms with Gasteiger partial charge < -0.3 is 4.42 Å². The Morgan fingerprint density at radius 2 is 2.30 bits per heavy atom. The molecule has 7 heteroatoms. The lowest BCUT2D eigenvalue weighted by atomic mass is 10.1. The normalized spacial score (nSPS) is 20.6. The number of hydrazone groups is 1. The van der Waals surface area contributed by atoms with Crippen LogP contribution in [0.3, 0.4) is 0 Å². The summed E-state index contributed by atoms with van der Waals surface area (Å²) in [5.74, 6) is 0.329. The van der Waals surface area contributed by atoms with Gasteiger partial charge in [-0.3, -0.25) is 10.2 Å². The lowest BCUT2D eigenvalue weighted by molar-refractivity contribution is -0.114. The molecular weight excluding hydrogens is 276 g/mol. The third kappa shape index (κ3) is 2.09. The van der Waals surface area contributed by atoms with Crippen LogP contribution in [0.2, 0.25) is 0 Å². The molecule has 20 heavy (non-hydrogen) atoms. The second kappa shape index (κ2) is 4.75. The predicted octanol–water partition coefficient (Wildman–Crippen LogP) is 2.55. The molecule has 0 unspecified atom stereocenters. The zero-order chi connectivity index (χ0) is 14.3. The van der Waals surface area contributed by atoms with Gasteiger partial charge >= 0.3 is 0 Å². The van der Waals surface area contributed by atoms with E-state index in [4.69, 9.17) is 9.83 Å². The zero-order valence-electron chi connectivity index (χ0n) is 11.0. The molecule has 0 aromatic carbocycles. The molecule has 1 aromatic heterocycles. The van der Waals surface area contributed by atoms with Gasteiger partial charge in [-0.2, -0.15) is 15.1 Å². The molecule has 6 nitrogen and oxygen atoms in total. The minimum atomic E-state index is -0.439. The number of fused-ring (bicyclic) bond motifs is 1. The Bertz CT molecular complexity index is 671. The average Bonchev–Trinajstić information content (AvgIpc) is 3.03. The topological polar surface area (TPSA) is 82.0 Å².